The SMILES string of the molecule is Fc1ccc(-n2c(=S)[nH]c3cc(I)c(F)cc32)c(Br)c1. The van der Waals surface area contributed by atoms with Crippen LogP contribution in [0.1, 0.15) is 0 Å². The van der Waals surface area contributed by atoms with Crippen LogP contribution in [0.3, 0.4) is 0 Å². The molecule has 0 aliphatic heterocycles. The van der Waals surface area contributed by atoms with Crippen LogP contribution in [0.25, 0.3) is 16.7 Å². The fraction of sp³-hybridized carbons (Fsp3) is 0. The summed E-state index contributed by atoms with van der Waals surface area (Å²) < 4.78 is 30.1. The lowest BCUT2D eigenvalue weighted by molar-refractivity contribution is 0.621. The molecule has 0 saturated carbocycles. The van der Waals surface area contributed by atoms with Crippen molar-refractivity contribution in [1.82, 2.24) is 9.55 Å². The number of nitrogens with zero attached hydrogens (tertiary/aromatic N) is 1. The van der Waals surface area contributed by atoms with Crippen LogP contribution in [0, 0.1) is 20.0 Å². The molecule has 20 heavy (non-hydrogen) atoms. The topological polar surface area (TPSA) is 20.7 Å². The Labute approximate surface area is 140 Å². The van der Waals surface area contributed by atoms with Crippen molar-refractivity contribution in [2.24, 2.45) is 0 Å². The van der Waals surface area contributed by atoms with Gasteiger partial charge in [0.2, 0.25) is 0 Å². The zero-order valence-electron chi connectivity index (χ0n) is 9.75. The first-order valence-corrected chi connectivity index (χ1v) is 7.80. The monoisotopic (exact) mass is 466 g/mol. The van der Waals surface area contributed by atoms with Gasteiger partial charge in [-0.15, -0.1) is 0 Å². The van der Waals surface area contributed by atoms with Gasteiger partial charge >= 0.3 is 0 Å². The minimum Gasteiger partial charge on any atom is -0.330 e. The molecule has 0 radical (unpaired) electrons. The summed E-state index contributed by atoms with van der Waals surface area (Å²) in [6.45, 7) is 0. The molecule has 1 aromatic heterocycles. The molecule has 0 aliphatic carbocycles. The van der Waals surface area contributed by atoms with E-state index in [4.69, 9.17) is 12.2 Å². The third-order valence-electron chi connectivity index (χ3n) is 2.87. The molecule has 2 aromatic carbocycles. The van der Waals surface area contributed by atoms with E-state index in [2.05, 4.69) is 20.9 Å². The molecule has 1 N–H and O–H groups in total. The molecule has 3 rings (SSSR count). The normalized spacial score (nSPS) is 11.2. The largest absolute Gasteiger partial charge is 0.330 e. The van der Waals surface area contributed by atoms with Crippen LogP contribution in [-0.4, -0.2) is 9.55 Å². The zero-order valence-corrected chi connectivity index (χ0v) is 14.3. The van der Waals surface area contributed by atoms with Gasteiger partial charge in [0.05, 0.1) is 20.3 Å². The number of benzene rings is 2. The highest BCUT2D eigenvalue weighted by molar-refractivity contribution is 14.1. The molecule has 0 spiro atoms. The fourth-order valence-corrected chi connectivity index (χ4v) is 3.31. The molecule has 0 atom stereocenters. The molecule has 0 aliphatic rings. The summed E-state index contributed by atoms with van der Waals surface area (Å²) in [6.07, 6.45) is 0. The van der Waals surface area contributed by atoms with Gasteiger partial charge in [0.1, 0.15) is 11.6 Å². The van der Waals surface area contributed by atoms with E-state index in [1.807, 2.05) is 22.6 Å². The van der Waals surface area contributed by atoms with Crippen LogP contribution >= 0.6 is 50.7 Å². The Morgan fingerprint density at radius 2 is 1.95 bits per heavy atom. The van der Waals surface area contributed by atoms with Gasteiger partial charge in [-0.3, -0.25) is 4.57 Å². The van der Waals surface area contributed by atoms with E-state index in [9.17, 15) is 8.78 Å². The van der Waals surface area contributed by atoms with Crippen molar-refractivity contribution >= 4 is 61.8 Å². The summed E-state index contributed by atoms with van der Waals surface area (Å²) in [5.74, 6) is -0.674. The zero-order chi connectivity index (χ0) is 14.4. The summed E-state index contributed by atoms with van der Waals surface area (Å²) in [7, 11) is 0. The van der Waals surface area contributed by atoms with E-state index in [-0.39, 0.29) is 11.6 Å². The summed E-state index contributed by atoms with van der Waals surface area (Å²) in [6, 6.07) is 7.38. The molecule has 7 heteroatoms. The van der Waals surface area contributed by atoms with Crippen molar-refractivity contribution < 1.29 is 8.78 Å². The van der Waals surface area contributed by atoms with Gasteiger partial charge < -0.3 is 4.98 Å². The second-order valence-electron chi connectivity index (χ2n) is 4.14. The Morgan fingerprint density at radius 1 is 1.20 bits per heavy atom. The molecule has 0 saturated heterocycles. The van der Waals surface area contributed by atoms with Crippen LogP contribution in [0.4, 0.5) is 8.78 Å². The average molecular weight is 467 g/mol. The van der Waals surface area contributed by atoms with Gasteiger partial charge in [-0.05, 0) is 75.0 Å². The van der Waals surface area contributed by atoms with Gasteiger partial charge in [0.25, 0.3) is 0 Å². The van der Waals surface area contributed by atoms with Crippen molar-refractivity contribution in [2.75, 3.05) is 0 Å². The van der Waals surface area contributed by atoms with E-state index < -0.39 is 0 Å². The number of hydrogen-bond donors (Lipinski definition) is 1. The van der Waals surface area contributed by atoms with Crippen molar-refractivity contribution in [3.05, 3.63) is 54.8 Å². The van der Waals surface area contributed by atoms with E-state index in [1.54, 1.807) is 16.7 Å². The number of H-pyrrole nitrogens is 1. The van der Waals surface area contributed by atoms with Gasteiger partial charge in [-0.1, -0.05) is 0 Å². The third-order valence-corrected chi connectivity index (χ3v) is 4.62. The Hall–Kier alpha value is -0.800. The molecular weight excluding hydrogens is 461 g/mol. The van der Waals surface area contributed by atoms with E-state index in [0.717, 1.165) is 5.52 Å². The average Bonchev–Trinajstić information content (AvgIpc) is 2.66. The highest BCUT2D eigenvalue weighted by Gasteiger charge is 2.12. The second kappa shape index (κ2) is 5.19. The fourth-order valence-electron chi connectivity index (χ4n) is 2.00. The Balaban J connectivity index is 2.39. The quantitative estimate of drug-likeness (QED) is 0.379. The number of rotatable bonds is 1. The van der Waals surface area contributed by atoms with Gasteiger partial charge in [0.15, 0.2) is 4.77 Å². The van der Waals surface area contributed by atoms with E-state index in [0.29, 0.717) is 24.0 Å². The number of nitrogens with one attached hydrogen (secondary N) is 1. The molecular formula is C13H6BrF2IN2S. The number of fused-ring (bicyclic) bond motifs is 1. The first kappa shape index (κ1) is 14.2. The maximum absolute atomic E-state index is 13.8. The summed E-state index contributed by atoms with van der Waals surface area (Å²) in [5, 5.41) is 0. The van der Waals surface area contributed by atoms with Crippen LogP contribution in [0.5, 0.6) is 0 Å². The van der Waals surface area contributed by atoms with Crippen molar-refractivity contribution in [3.63, 3.8) is 0 Å². The summed E-state index contributed by atoms with van der Waals surface area (Å²) in [5.41, 5.74) is 2.00. The van der Waals surface area contributed by atoms with Crippen molar-refractivity contribution in [1.29, 1.82) is 0 Å². The molecule has 0 amide bonds. The Morgan fingerprint density at radius 3 is 2.65 bits per heavy atom. The first-order chi connectivity index (χ1) is 9.47. The van der Waals surface area contributed by atoms with Crippen LogP contribution in [-0.2, 0) is 0 Å². The Bertz CT molecular complexity index is 888. The number of hydrogen-bond acceptors (Lipinski definition) is 1. The minimum atomic E-state index is -0.354. The van der Waals surface area contributed by atoms with Crippen molar-refractivity contribution in [3.8, 4) is 5.69 Å². The molecule has 0 fully saturated rings. The highest BCUT2D eigenvalue weighted by atomic mass is 127. The number of aromatic amines is 1. The maximum Gasteiger partial charge on any atom is 0.182 e. The van der Waals surface area contributed by atoms with Gasteiger partial charge in [-0.25, -0.2) is 8.78 Å². The lowest BCUT2D eigenvalue weighted by Crippen LogP contribution is -1.96. The standard InChI is InChI=1S/C13H6BrF2IN2S/c14-7-3-6(15)1-2-11(7)19-12-4-8(16)9(17)5-10(12)18-13(19)20/h1-5H,(H,18,20). The van der Waals surface area contributed by atoms with Crippen molar-refractivity contribution in [2.45, 2.75) is 0 Å². The predicted octanol–water partition coefficient (Wildman–Crippen LogP) is 5.33. The predicted molar refractivity (Wildman–Crippen MR) is 88.8 cm³/mol. The van der Waals surface area contributed by atoms with Crippen LogP contribution < -0.4 is 0 Å². The number of halogens is 4. The second-order valence-corrected chi connectivity index (χ2v) is 6.55. The molecule has 2 nitrogen and oxygen atoms in total. The smallest absolute Gasteiger partial charge is 0.182 e. The van der Waals surface area contributed by atoms with E-state index >= 15 is 0 Å². The minimum absolute atomic E-state index is 0.320. The van der Waals surface area contributed by atoms with Crippen LogP contribution in [0.15, 0.2) is 34.8 Å². The highest BCUT2D eigenvalue weighted by Crippen LogP contribution is 2.28. The maximum atomic E-state index is 13.8. The van der Waals surface area contributed by atoms with Gasteiger partial charge in [-0.2, -0.15) is 0 Å². The molecule has 0 bridgehead atoms. The third kappa shape index (κ3) is 2.31. The number of aromatic nitrogens is 2. The molecule has 3 aromatic rings. The Kier molecular flexibility index (Phi) is 3.67. The summed E-state index contributed by atoms with van der Waals surface area (Å²) in [4.78, 5) is 3.03. The lowest BCUT2D eigenvalue weighted by Gasteiger charge is -2.07. The lowest BCUT2D eigenvalue weighted by atomic mass is 10.2. The molecule has 0 unspecified atom stereocenters. The molecule has 1 heterocycles. The first-order valence-electron chi connectivity index (χ1n) is 5.52. The van der Waals surface area contributed by atoms with E-state index in [1.165, 1.54) is 18.2 Å². The number of imidazole rings is 1. The van der Waals surface area contributed by atoms with Crippen LogP contribution in [0.2, 0.25) is 0 Å². The van der Waals surface area contributed by atoms with Gasteiger partial charge in [0, 0.05) is 10.5 Å². The summed E-state index contributed by atoms with van der Waals surface area (Å²) >= 11 is 10.5. The molecule has 102 valence electrons.